The molecule has 18 heavy (non-hydrogen) atoms. The minimum absolute atomic E-state index is 0. The first-order valence-corrected chi connectivity index (χ1v) is 6.14. The first kappa shape index (κ1) is 14.7. The monoisotopic (exact) mass is 261 g/mol. The molecule has 2 aromatic rings. The molecule has 0 radical (unpaired) electrons. The van der Waals surface area contributed by atoms with Gasteiger partial charge in [0.2, 0.25) is 0 Å². The molecule has 0 fully saturated rings. The zero-order valence-corrected chi connectivity index (χ0v) is 11.5. The lowest BCUT2D eigenvalue weighted by molar-refractivity contribution is 0.816. The molecule has 2 rings (SSSR count). The molecule has 1 nitrogen and oxygen atoms in total. The van der Waals surface area contributed by atoms with Gasteiger partial charge in [-0.25, -0.2) is 0 Å². The minimum atomic E-state index is 0. The SMILES string of the molecule is C[C@H](N)c1ccc(CCc2ccccc2)cc1.Cl. The molecule has 96 valence electrons. The maximum absolute atomic E-state index is 5.83. The Balaban J connectivity index is 0.00000162. The number of hydrogen-bond donors (Lipinski definition) is 1. The number of aryl methyl sites for hydroxylation is 2. The lowest BCUT2D eigenvalue weighted by Crippen LogP contribution is -2.04. The van der Waals surface area contributed by atoms with Crippen molar-refractivity contribution in [3.63, 3.8) is 0 Å². The summed E-state index contributed by atoms with van der Waals surface area (Å²) in [6, 6.07) is 19.3. The molecule has 0 amide bonds. The second kappa shape index (κ2) is 7.20. The van der Waals surface area contributed by atoms with Gasteiger partial charge in [0.1, 0.15) is 0 Å². The molecule has 0 unspecified atom stereocenters. The van der Waals surface area contributed by atoms with Crippen LogP contribution in [0, 0.1) is 0 Å². The van der Waals surface area contributed by atoms with E-state index in [0.29, 0.717) is 0 Å². The van der Waals surface area contributed by atoms with Gasteiger partial charge in [-0.15, -0.1) is 12.4 Å². The standard InChI is InChI=1S/C16H19N.ClH/c1-13(17)16-11-9-15(10-12-16)8-7-14-5-3-2-4-6-14;/h2-6,9-13H,7-8,17H2,1H3;1H/t13-;/m0./s1. The molecule has 0 heterocycles. The Labute approximate surface area is 115 Å². The number of nitrogens with two attached hydrogens (primary N) is 1. The van der Waals surface area contributed by atoms with Crippen LogP contribution in [-0.4, -0.2) is 0 Å². The van der Waals surface area contributed by atoms with Gasteiger partial charge in [0.25, 0.3) is 0 Å². The maximum Gasteiger partial charge on any atom is 0.0266 e. The largest absolute Gasteiger partial charge is 0.324 e. The fraction of sp³-hybridized carbons (Fsp3) is 0.250. The third kappa shape index (κ3) is 4.17. The Kier molecular flexibility index (Phi) is 5.90. The van der Waals surface area contributed by atoms with Crippen LogP contribution in [0.4, 0.5) is 0 Å². The molecular weight excluding hydrogens is 242 g/mol. The molecule has 0 saturated carbocycles. The van der Waals surface area contributed by atoms with Gasteiger partial charge < -0.3 is 5.73 Å². The fourth-order valence-electron chi connectivity index (χ4n) is 1.92. The topological polar surface area (TPSA) is 26.0 Å². The van der Waals surface area contributed by atoms with Crippen LogP contribution in [0.25, 0.3) is 0 Å². The van der Waals surface area contributed by atoms with Gasteiger partial charge in [-0.05, 0) is 36.5 Å². The van der Waals surface area contributed by atoms with Gasteiger partial charge in [0.15, 0.2) is 0 Å². The molecule has 2 N–H and O–H groups in total. The fourth-order valence-corrected chi connectivity index (χ4v) is 1.92. The quantitative estimate of drug-likeness (QED) is 0.887. The molecule has 0 saturated heterocycles. The Morgan fingerprint density at radius 1 is 0.833 bits per heavy atom. The zero-order chi connectivity index (χ0) is 12.1. The van der Waals surface area contributed by atoms with Gasteiger partial charge in [-0.1, -0.05) is 54.6 Å². The van der Waals surface area contributed by atoms with Gasteiger partial charge in [0, 0.05) is 6.04 Å². The number of rotatable bonds is 4. The Morgan fingerprint density at radius 2 is 1.33 bits per heavy atom. The van der Waals surface area contributed by atoms with E-state index in [4.69, 9.17) is 5.73 Å². The van der Waals surface area contributed by atoms with Crippen molar-refractivity contribution in [3.8, 4) is 0 Å². The van der Waals surface area contributed by atoms with E-state index >= 15 is 0 Å². The van der Waals surface area contributed by atoms with E-state index in [1.54, 1.807) is 0 Å². The third-order valence-corrected chi connectivity index (χ3v) is 3.05. The average Bonchev–Trinajstić information content (AvgIpc) is 2.38. The summed E-state index contributed by atoms with van der Waals surface area (Å²) in [7, 11) is 0. The minimum Gasteiger partial charge on any atom is -0.324 e. The Hall–Kier alpha value is -1.31. The maximum atomic E-state index is 5.83. The van der Waals surface area contributed by atoms with Crippen molar-refractivity contribution in [2.45, 2.75) is 25.8 Å². The lowest BCUT2D eigenvalue weighted by atomic mass is 10.0. The molecule has 0 aliphatic heterocycles. The van der Waals surface area contributed by atoms with Crippen LogP contribution in [0.2, 0.25) is 0 Å². The van der Waals surface area contributed by atoms with Crippen molar-refractivity contribution in [1.82, 2.24) is 0 Å². The highest BCUT2D eigenvalue weighted by Crippen LogP contribution is 2.12. The Bertz CT molecular complexity index is 448. The van der Waals surface area contributed by atoms with Crippen LogP contribution in [-0.2, 0) is 12.8 Å². The first-order valence-electron chi connectivity index (χ1n) is 6.14. The summed E-state index contributed by atoms with van der Waals surface area (Å²) in [6.45, 7) is 2.01. The lowest BCUT2D eigenvalue weighted by Gasteiger charge is -2.07. The summed E-state index contributed by atoms with van der Waals surface area (Å²) < 4.78 is 0. The van der Waals surface area contributed by atoms with Gasteiger partial charge in [0.05, 0.1) is 0 Å². The first-order chi connectivity index (χ1) is 8.25. The second-order valence-corrected chi connectivity index (χ2v) is 4.52. The van der Waals surface area contributed by atoms with E-state index in [1.807, 2.05) is 6.92 Å². The number of hydrogen-bond acceptors (Lipinski definition) is 1. The molecule has 0 aliphatic rings. The molecule has 0 aliphatic carbocycles. The van der Waals surface area contributed by atoms with Crippen molar-refractivity contribution in [2.75, 3.05) is 0 Å². The highest BCUT2D eigenvalue weighted by molar-refractivity contribution is 5.85. The van der Waals surface area contributed by atoms with Crippen LogP contribution < -0.4 is 5.73 Å². The predicted octanol–water partition coefficient (Wildman–Crippen LogP) is 3.91. The van der Waals surface area contributed by atoms with E-state index in [9.17, 15) is 0 Å². The van der Waals surface area contributed by atoms with E-state index < -0.39 is 0 Å². The van der Waals surface area contributed by atoms with Crippen molar-refractivity contribution < 1.29 is 0 Å². The highest BCUT2D eigenvalue weighted by Gasteiger charge is 1.99. The Morgan fingerprint density at radius 3 is 1.83 bits per heavy atom. The smallest absolute Gasteiger partial charge is 0.0266 e. The highest BCUT2D eigenvalue weighted by atomic mass is 35.5. The van der Waals surface area contributed by atoms with Gasteiger partial charge in [-0.2, -0.15) is 0 Å². The van der Waals surface area contributed by atoms with Crippen LogP contribution in [0.3, 0.4) is 0 Å². The van der Waals surface area contributed by atoms with Crippen molar-refractivity contribution in [3.05, 3.63) is 71.3 Å². The normalized spacial score (nSPS) is 11.7. The molecule has 2 heteroatoms. The van der Waals surface area contributed by atoms with E-state index in [1.165, 1.54) is 16.7 Å². The molecule has 0 spiro atoms. The summed E-state index contributed by atoms with van der Waals surface area (Å²) in [4.78, 5) is 0. The number of benzene rings is 2. The van der Waals surface area contributed by atoms with E-state index in [2.05, 4.69) is 54.6 Å². The molecular formula is C16H20ClN. The molecule has 2 aromatic carbocycles. The van der Waals surface area contributed by atoms with Crippen LogP contribution in [0.5, 0.6) is 0 Å². The van der Waals surface area contributed by atoms with Crippen molar-refractivity contribution >= 4 is 12.4 Å². The van der Waals surface area contributed by atoms with Crippen molar-refractivity contribution in [2.24, 2.45) is 5.73 Å². The van der Waals surface area contributed by atoms with Crippen LogP contribution in [0.1, 0.15) is 29.7 Å². The summed E-state index contributed by atoms with van der Waals surface area (Å²) in [6.07, 6.45) is 2.18. The molecule has 1 atom stereocenters. The number of halogens is 1. The van der Waals surface area contributed by atoms with Crippen molar-refractivity contribution in [1.29, 1.82) is 0 Å². The van der Waals surface area contributed by atoms with Gasteiger partial charge in [-0.3, -0.25) is 0 Å². The summed E-state index contributed by atoms with van der Waals surface area (Å²) in [5.74, 6) is 0. The summed E-state index contributed by atoms with van der Waals surface area (Å²) >= 11 is 0. The summed E-state index contributed by atoms with van der Waals surface area (Å²) in [5.41, 5.74) is 9.80. The second-order valence-electron chi connectivity index (χ2n) is 4.52. The predicted molar refractivity (Wildman–Crippen MR) is 80.1 cm³/mol. The molecule has 0 bridgehead atoms. The van der Waals surface area contributed by atoms with Crippen LogP contribution >= 0.6 is 12.4 Å². The summed E-state index contributed by atoms with van der Waals surface area (Å²) in [5, 5.41) is 0. The van der Waals surface area contributed by atoms with E-state index in [-0.39, 0.29) is 18.4 Å². The average molecular weight is 262 g/mol. The molecule has 0 aromatic heterocycles. The van der Waals surface area contributed by atoms with E-state index in [0.717, 1.165) is 12.8 Å². The third-order valence-electron chi connectivity index (χ3n) is 3.05. The zero-order valence-electron chi connectivity index (χ0n) is 10.7. The van der Waals surface area contributed by atoms with Gasteiger partial charge >= 0.3 is 0 Å². The van der Waals surface area contributed by atoms with Crippen LogP contribution in [0.15, 0.2) is 54.6 Å².